The molecule has 2 N–H and O–H groups in total. The van der Waals surface area contributed by atoms with Crippen LogP contribution in [0.25, 0.3) is 0 Å². The van der Waals surface area contributed by atoms with E-state index in [4.69, 9.17) is 24.4 Å². The van der Waals surface area contributed by atoms with Crippen molar-refractivity contribution in [2.24, 2.45) is 20.5 Å². The molecule has 0 aliphatic rings. The standard InChI is InChI=1S/C23H29N9O9S2/c1-16-12-19(30(2-6-39-8-4-33)3-7-40-10-11-41-9-5-34)18(27-28-22-24-14-21(43-22)32(37)38)13-17(16)26-29-23-25-20(15-42-23)31(35)36/h12-15,33-34H,2-11H2,1H3. The molecular formula is C23H29N9O9S2. The van der Waals surface area contributed by atoms with Crippen LogP contribution in [0.3, 0.4) is 0 Å². The third-order valence-corrected chi connectivity index (χ3v) is 6.85. The van der Waals surface area contributed by atoms with Crippen molar-refractivity contribution in [3.63, 3.8) is 0 Å². The van der Waals surface area contributed by atoms with Crippen molar-refractivity contribution >= 4 is 60.8 Å². The third kappa shape index (κ3) is 11.0. The minimum Gasteiger partial charge on any atom is -0.394 e. The lowest BCUT2D eigenvalue weighted by Crippen LogP contribution is -2.31. The van der Waals surface area contributed by atoms with E-state index in [9.17, 15) is 20.2 Å². The Balaban J connectivity index is 1.91. The molecule has 2 heterocycles. The highest BCUT2D eigenvalue weighted by Crippen LogP contribution is 2.38. The predicted molar refractivity (Wildman–Crippen MR) is 156 cm³/mol. The van der Waals surface area contributed by atoms with Gasteiger partial charge in [0.1, 0.15) is 11.9 Å². The van der Waals surface area contributed by atoms with Gasteiger partial charge in [-0.15, -0.1) is 15.3 Å². The van der Waals surface area contributed by atoms with Crippen molar-refractivity contribution in [1.29, 1.82) is 0 Å². The van der Waals surface area contributed by atoms with E-state index in [1.165, 1.54) is 5.38 Å². The van der Waals surface area contributed by atoms with Crippen LogP contribution < -0.4 is 4.90 Å². The van der Waals surface area contributed by atoms with Gasteiger partial charge in [-0.3, -0.25) is 10.1 Å². The number of aryl methyl sites for hydroxylation is 1. The Morgan fingerprint density at radius 2 is 1.49 bits per heavy atom. The summed E-state index contributed by atoms with van der Waals surface area (Å²) in [5.74, 6) is -0.334. The van der Waals surface area contributed by atoms with E-state index in [0.29, 0.717) is 55.5 Å². The number of rotatable bonds is 20. The van der Waals surface area contributed by atoms with Crippen molar-refractivity contribution in [1.82, 2.24) is 9.97 Å². The molecule has 232 valence electrons. The van der Waals surface area contributed by atoms with E-state index < -0.39 is 9.85 Å². The largest absolute Gasteiger partial charge is 0.394 e. The molecule has 0 radical (unpaired) electrons. The number of nitrogens with zero attached hydrogens (tertiary/aromatic N) is 9. The third-order valence-electron chi connectivity index (χ3n) is 5.30. The van der Waals surface area contributed by atoms with Gasteiger partial charge in [-0.25, -0.2) is 4.98 Å². The van der Waals surface area contributed by atoms with Crippen LogP contribution in [0.15, 0.2) is 44.2 Å². The number of ether oxygens (including phenoxy) is 3. The summed E-state index contributed by atoms with van der Waals surface area (Å²) in [4.78, 5) is 30.5. The summed E-state index contributed by atoms with van der Waals surface area (Å²) in [5.41, 5.74) is 2.02. The number of aliphatic hydroxyl groups is 2. The SMILES string of the molecule is Cc1cc(N(CCOCCO)CCOCCOCCO)c(N=Nc2ncc([N+](=O)[O-])s2)cc1N=Nc1nc([N+](=O)[O-])cs1. The molecule has 1 aromatic carbocycles. The van der Waals surface area contributed by atoms with Crippen LogP contribution in [0.4, 0.5) is 38.1 Å². The lowest BCUT2D eigenvalue weighted by molar-refractivity contribution is -0.389. The molecule has 0 saturated heterocycles. The van der Waals surface area contributed by atoms with Gasteiger partial charge >= 0.3 is 16.0 Å². The second-order valence-electron chi connectivity index (χ2n) is 8.28. The molecule has 3 aromatic rings. The van der Waals surface area contributed by atoms with Gasteiger partial charge in [0.05, 0.1) is 74.5 Å². The Hall–Kier alpha value is -3.92. The highest BCUT2D eigenvalue weighted by molar-refractivity contribution is 7.18. The van der Waals surface area contributed by atoms with E-state index in [0.717, 1.165) is 28.9 Å². The number of anilines is 1. The summed E-state index contributed by atoms with van der Waals surface area (Å²) in [7, 11) is 0. The average Bonchev–Trinajstić information content (AvgIpc) is 3.67. The Morgan fingerprint density at radius 1 is 0.860 bits per heavy atom. The molecule has 3 rings (SSSR count). The summed E-state index contributed by atoms with van der Waals surface area (Å²) in [6.45, 7) is 3.98. The van der Waals surface area contributed by atoms with Crippen molar-refractivity contribution < 1.29 is 34.3 Å². The quantitative estimate of drug-likeness (QED) is 0.0758. The first-order valence-corrected chi connectivity index (χ1v) is 14.4. The fourth-order valence-corrected chi connectivity index (χ4v) is 4.47. The van der Waals surface area contributed by atoms with E-state index in [1.54, 1.807) is 19.1 Å². The maximum Gasteiger partial charge on any atom is 0.377 e. The van der Waals surface area contributed by atoms with Gasteiger partial charge < -0.3 is 39.4 Å². The Bertz CT molecular complexity index is 1400. The van der Waals surface area contributed by atoms with Crippen molar-refractivity contribution in [3.8, 4) is 0 Å². The Morgan fingerprint density at radius 3 is 2.09 bits per heavy atom. The van der Waals surface area contributed by atoms with Gasteiger partial charge in [0.2, 0.25) is 5.13 Å². The smallest absolute Gasteiger partial charge is 0.377 e. The lowest BCUT2D eigenvalue weighted by Gasteiger charge is -2.26. The molecule has 0 fully saturated rings. The van der Waals surface area contributed by atoms with Crippen molar-refractivity contribution in [2.45, 2.75) is 6.92 Å². The van der Waals surface area contributed by atoms with E-state index in [-0.39, 0.29) is 54.1 Å². The number of hydrogen-bond donors (Lipinski definition) is 2. The van der Waals surface area contributed by atoms with Gasteiger partial charge in [0.25, 0.3) is 0 Å². The number of benzene rings is 1. The summed E-state index contributed by atoms with van der Waals surface area (Å²) in [6, 6.07) is 3.40. The normalized spacial score (nSPS) is 11.6. The highest BCUT2D eigenvalue weighted by Gasteiger charge is 2.17. The molecule has 0 aliphatic heterocycles. The van der Waals surface area contributed by atoms with E-state index >= 15 is 0 Å². The minimum absolute atomic E-state index is 0.0699. The summed E-state index contributed by atoms with van der Waals surface area (Å²) in [6.07, 6.45) is 1.09. The van der Waals surface area contributed by atoms with Crippen LogP contribution in [-0.2, 0) is 14.2 Å². The molecule has 0 aliphatic carbocycles. The zero-order valence-electron chi connectivity index (χ0n) is 23.0. The second-order valence-corrected chi connectivity index (χ2v) is 10.1. The monoisotopic (exact) mass is 639 g/mol. The molecule has 0 atom stereocenters. The lowest BCUT2D eigenvalue weighted by atomic mass is 10.1. The van der Waals surface area contributed by atoms with E-state index in [2.05, 4.69) is 30.4 Å². The predicted octanol–water partition coefficient (Wildman–Crippen LogP) is 4.40. The number of aromatic nitrogens is 2. The van der Waals surface area contributed by atoms with E-state index in [1.807, 2.05) is 4.90 Å². The van der Waals surface area contributed by atoms with Crippen LogP contribution in [0, 0.1) is 27.2 Å². The molecule has 43 heavy (non-hydrogen) atoms. The summed E-state index contributed by atoms with van der Waals surface area (Å²) < 4.78 is 16.4. The first kappa shape index (κ1) is 33.6. The first-order chi connectivity index (χ1) is 20.8. The summed E-state index contributed by atoms with van der Waals surface area (Å²) in [5, 5.41) is 57.8. The fourth-order valence-electron chi connectivity index (χ4n) is 3.33. The van der Waals surface area contributed by atoms with Crippen LogP contribution in [0.1, 0.15) is 5.56 Å². The number of azo groups is 2. The second kappa shape index (κ2) is 17.9. The van der Waals surface area contributed by atoms with Crippen molar-refractivity contribution in [2.75, 3.05) is 70.8 Å². The summed E-state index contributed by atoms with van der Waals surface area (Å²) >= 11 is 1.72. The molecule has 18 nitrogen and oxygen atoms in total. The molecular weight excluding hydrogens is 610 g/mol. The maximum atomic E-state index is 11.1. The van der Waals surface area contributed by atoms with Crippen LogP contribution in [0.2, 0.25) is 0 Å². The van der Waals surface area contributed by atoms with Gasteiger partial charge in [-0.1, -0.05) is 16.5 Å². The first-order valence-electron chi connectivity index (χ1n) is 12.7. The van der Waals surface area contributed by atoms with Gasteiger partial charge in [-0.05, 0) is 45.9 Å². The number of thiazole rings is 2. The number of aliphatic hydroxyl groups excluding tert-OH is 2. The maximum absolute atomic E-state index is 11.1. The van der Waals surface area contributed by atoms with Gasteiger partial charge in [0.15, 0.2) is 0 Å². The minimum atomic E-state index is -0.623. The molecule has 0 amide bonds. The zero-order valence-corrected chi connectivity index (χ0v) is 24.6. The molecule has 20 heteroatoms. The van der Waals surface area contributed by atoms with Crippen LogP contribution in [0.5, 0.6) is 0 Å². The molecule has 2 aromatic heterocycles. The van der Waals surface area contributed by atoms with Gasteiger partial charge in [0, 0.05) is 13.1 Å². The number of nitro groups is 2. The number of hydrogen-bond acceptors (Lipinski definition) is 18. The van der Waals surface area contributed by atoms with Crippen LogP contribution in [-0.4, -0.2) is 96.0 Å². The van der Waals surface area contributed by atoms with Crippen molar-refractivity contribution in [3.05, 3.63) is 49.5 Å². The Kier molecular flexibility index (Phi) is 14.0. The zero-order chi connectivity index (χ0) is 31.0. The molecule has 0 saturated carbocycles. The molecule has 0 bridgehead atoms. The topological polar surface area (TPSA) is 233 Å². The Labute approximate surface area is 252 Å². The fraction of sp³-hybridized carbons (Fsp3) is 0.478. The average molecular weight is 640 g/mol. The molecule has 0 spiro atoms. The molecule has 0 unspecified atom stereocenters. The van der Waals surface area contributed by atoms with Gasteiger partial charge in [-0.2, -0.15) is 0 Å². The highest BCUT2D eigenvalue weighted by atomic mass is 32.1. The van der Waals surface area contributed by atoms with Crippen LogP contribution >= 0.6 is 22.7 Å².